The predicted octanol–water partition coefficient (Wildman–Crippen LogP) is 3.94. The number of amides is 1. The third-order valence-corrected chi connectivity index (χ3v) is 4.64. The second-order valence-electron chi connectivity index (χ2n) is 7.39. The summed E-state index contributed by atoms with van der Waals surface area (Å²) in [6, 6.07) is 3.12. The molecule has 8 nitrogen and oxygen atoms in total. The number of ether oxygens (including phenoxy) is 2. The number of carbonyl (C=O) groups excluding carboxylic acids is 1. The van der Waals surface area contributed by atoms with Crippen molar-refractivity contribution in [2.24, 2.45) is 0 Å². The molecule has 1 aliphatic carbocycles. The molecule has 10 heteroatoms. The van der Waals surface area contributed by atoms with E-state index in [0.29, 0.717) is 22.9 Å². The molecule has 1 aliphatic rings. The molecule has 0 aromatic carbocycles. The average Bonchev–Trinajstić information content (AvgIpc) is 3.10. The first-order valence-electron chi connectivity index (χ1n) is 9.62. The van der Waals surface area contributed by atoms with Crippen LogP contribution in [0.15, 0.2) is 18.3 Å². The zero-order chi connectivity index (χ0) is 21.9. The molecule has 0 saturated heterocycles. The minimum atomic E-state index is -3.18. The Balaban J connectivity index is 1.91. The van der Waals surface area contributed by atoms with E-state index in [4.69, 9.17) is 9.47 Å². The molecule has 2 aromatic heterocycles. The quantitative estimate of drug-likeness (QED) is 0.699. The number of alkyl halides is 2. The molecule has 1 saturated carbocycles. The second kappa shape index (κ2) is 8.86. The predicted molar refractivity (Wildman–Crippen MR) is 107 cm³/mol. The van der Waals surface area contributed by atoms with Gasteiger partial charge in [0, 0.05) is 45.2 Å². The molecule has 1 amide bonds. The van der Waals surface area contributed by atoms with E-state index in [2.05, 4.69) is 25.6 Å². The molecule has 0 radical (unpaired) electrons. The molecule has 0 aliphatic heterocycles. The Labute approximate surface area is 173 Å². The van der Waals surface area contributed by atoms with Gasteiger partial charge in [-0.25, -0.2) is 15.0 Å². The van der Waals surface area contributed by atoms with Gasteiger partial charge in [-0.2, -0.15) is 8.78 Å². The number of hydrogen-bond donors (Lipinski definition) is 2. The molecule has 30 heavy (non-hydrogen) atoms. The van der Waals surface area contributed by atoms with Gasteiger partial charge in [0.1, 0.15) is 17.7 Å². The van der Waals surface area contributed by atoms with Crippen molar-refractivity contribution >= 4 is 23.2 Å². The lowest BCUT2D eigenvalue weighted by Gasteiger charge is -2.19. The molecule has 3 rings (SSSR count). The number of halogens is 2. The summed E-state index contributed by atoms with van der Waals surface area (Å²) in [5.74, 6) is -3.14. The summed E-state index contributed by atoms with van der Waals surface area (Å²) in [7, 11) is 1.67. The summed E-state index contributed by atoms with van der Waals surface area (Å²) in [5.41, 5.74) is 0.833. The number of pyridine rings is 1. The highest BCUT2D eigenvalue weighted by atomic mass is 19.3. The maximum absolute atomic E-state index is 13.7. The largest absolute Gasteiger partial charge is 0.487 e. The van der Waals surface area contributed by atoms with Gasteiger partial charge in [-0.3, -0.25) is 4.79 Å². The molecular formula is C20H25F2N5O3. The van der Waals surface area contributed by atoms with Crippen LogP contribution in [0.1, 0.15) is 44.6 Å². The fraction of sp³-hybridized carbons (Fsp3) is 0.500. The van der Waals surface area contributed by atoms with Crippen LogP contribution in [-0.2, 0) is 15.5 Å². The Kier molecular flexibility index (Phi) is 6.45. The maximum atomic E-state index is 13.7. The molecule has 2 heterocycles. The van der Waals surface area contributed by atoms with Gasteiger partial charge in [0.2, 0.25) is 11.7 Å². The molecular weight excluding hydrogens is 396 g/mol. The number of rotatable bonds is 7. The van der Waals surface area contributed by atoms with E-state index in [-0.39, 0.29) is 23.9 Å². The van der Waals surface area contributed by atoms with E-state index in [1.807, 2.05) is 0 Å². The monoisotopic (exact) mass is 421 g/mol. The van der Waals surface area contributed by atoms with Crippen molar-refractivity contribution < 1.29 is 23.0 Å². The fourth-order valence-corrected chi connectivity index (χ4v) is 3.25. The van der Waals surface area contributed by atoms with Gasteiger partial charge in [0.05, 0.1) is 18.0 Å². The van der Waals surface area contributed by atoms with Crippen LogP contribution in [0.3, 0.4) is 0 Å². The number of nitrogens with zero attached hydrogens (tertiary/aromatic N) is 3. The SMILES string of the molecule is CO[C@H]1CC[C@@H](Oc2cnc(NC(C)=O)cc2Nc2cc(C)nc(C(C)(F)F)n2)C1. The smallest absolute Gasteiger partial charge is 0.303 e. The Morgan fingerprint density at radius 2 is 1.93 bits per heavy atom. The van der Waals surface area contributed by atoms with E-state index < -0.39 is 11.7 Å². The molecule has 1 fully saturated rings. The van der Waals surface area contributed by atoms with Crippen molar-refractivity contribution in [3.63, 3.8) is 0 Å². The van der Waals surface area contributed by atoms with Crippen LogP contribution in [0.4, 0.5) is 26.1 Å². The minimum Gasteiger partial charge on any atom is -0.487 e. The van der Waals surface area contributed by atoms with Crippen LogP contribution >= 0.6 is 0 Å². The molecule has 2 atom stereocenters. The number of hydrogen-bond acceptors (Lipinski definition) is 7. The summed E-state index contributed by atoms with van der Waals surface area (Å²) in [5, 5.41) is 5.60. The zero-order valence-corrected chi connectivity index (χ0v) is 17.3. The van der Waals surface area contributed by atoms with E-state index in [1.165, 1.54) is 13.1 Å². The maximum Gasteiger partial charge on any atom is 0.303 e. The number of anilines is 3. The van der Waals surface area contributed by atoms with Crippen molar-refractivity contribution in [3.05, 3.63) is 29.8 Å². The molecule has 162 valence electrons. The van der Waals surface area contributed by atoms with Crippen LogP contribution in [-0.4, -0.2) is 40.2 Å². The van der Waals surface area contributed by atoms with Crippen LogP contribution in [0.25, 0.3) is 0 Å². The third-order valence-electron chi connectivity index (χ3n) is 4.64. The van der Waals surface area contributed by atoms with Crippen molar-refractivity contribution in [2.45, 2.75) is 58.2 Å². The van der Waals surface area contributed by atoms with Crippen molar-refractivity contribution in [3.8, 4) is 5.75 Å². The first kappa shape index (κ1) is 21.8. The summed E-state index contributed by atoms with van der Waals surface area (Å²) in [6.45, 7) is 3.72. The van der Waals surface area contributed by atoms with E-state index in [1.54, 1.807) is 26.2 Å². The van der Waals surface area contributed by atoms with E-state index in [0.717, 1.165) is 26.2 Å². The number of methoxy groups -OCH3 is 1. The van der Waals surface area contributed by atoms with E-state index >= 15 is 0 Å². The third kappa shape index (κ3) is 5.59. The molecule has 0 bridgehead atoms. The zero-order valence-electron chi connectivity index (χ0n) is 17.3. The highest BCUT2D eigenvalue weighted by Gasteiger charge is 2.29. The van der Waals surface area contributed by atoms with Gasteiger partial charge in [-0.05, 0) is 19.8 Å². The van der Waals surface area contributed by atoms with Crippen molar-refractivity contribution in [1.29, 1.82) is 0 Å². The Hall–Kier alpha value is -2.88. The van der Waals surface area contributed by atoms with Gasteiger partial charge in [-0.1, -0.05) is 0 Å². The molecule has 2 aromatic rings. The number of carbonyl (C=O) groups is 1. The van der Waals surface area contributed by atoms with Gasteiger partial charge in [0.15, 0.2) is 5.75 Å². The first-order chi connectivity index (χ1) is 14.1. The standard InChI is InChI=1S/C20H25F2N5O3/c1-11-7-18(27-19(24-11)20(3,21)22)26-15-9-17(25-12(2)28)23-10-16(15)30-14-6-5-13(8-14)29-4/h7,9-10,13-14H,5-6,8H2,1-4H3,(H2,23,24,25,26,27,28)/t13-,14+/m0/s1. The summed E-state index contributed by atoms with van der Waals surface area (Å²) in [4.78, 5) is 23.3. The van der Waals surface area contributed by atoms with Crippen molar-refractivity contribution in [1.82, 2.24) is 15.0 Å². The Morgan fingerprint density at radius 3 is 2.57 bits per heavy atom. The molecule has 2 N–H and O–H groups in total. The first-order valence-corrected chi connectivity index (χ1v) is 9.62. The summed E-state index contributed by atoms with van der Waals surface area (Å²) in [6.07, 6.45) is 4.01. The van der Waals surface area contributed by atoms with Crippen LogP contribution < -0.4 is 15.4 Å². The molecule has 0 unspecified atom stereocenters. The lowest BCUT2D eigenvalue weighted by atomic mass is 10.3. The Bertz CT molecular complexity index is 920. The van der Waals surface area contributed by atoms with Gasteiger partial charge < -0.3 is 20.1 Å². The lowest BCUT2D eigenvalue weighted by Crippen LogP contribution is -2.17. The molecule has 0 spiro atoms. The van der Waals surface area contributed by atoms with E-state index in [9.17, 15) is 13.6 Å². The normalized spacial score (nSPS) is 18.9. The number of aryl methyl sites for hydroxylation is 1. The Morgan fingerprint density at radius 1 is 1.20 bits per heavy atom. The van der Waals surface area contributed by atoms with Crippen LogP contribution in [0.2, 0.25) is 0 Å². The van der Waals surface area contributed by atoms with Crippen LogP contribution in [0.5, 0.6) is 5.75 Å². The van der Waals surface area contributed by atoms with Gasteiger partial charge in [-0.15, -0.1) is 0 Å². The highest BCUT2D eigenvalue weighted by molar-refractivity contribution is 5.88. The minimum absolute atomic E-state index is 0.0633. The number of nitrogens with one attached hydrogen (secondary N) is 2. The van der Waals surface area contributed by atoms with Crippen molar-refractivity contribution in [2.75, 3.05) is 17.7 Å². The van der Waals surface area contributed by atoms with Gasteiger partial charge in [0.25, 0.3) is 0 Å². The van der Waals surface area contributed by atoms with Gasteiger partial charge >= 0.3 is 5.92 Å². The fourth-order valence-electron chi connectivity index (χ4n) is 3.25. The lowest BCUT2D eigenvalue weighted by molar-refractivity contribution is -0.114. The second-order valence-corrected chi connectivity index (χ2v) is 7.39. The topological polar surface area (TPSA) is 98.3 Å². The number of aromatic nitrogens is 3. The van der Waals surface area contributed by atoms with Crippen LogP contribution in [0, 0.1) is 6.92 Å². The summed E-state index contributed by atoms with van der Waals surface area (Å²) >= 11 is 0. The average molecular weight is 421 g/mol. The highest BCUT2D eigenvalue weighted by Crippen LogP contribution is 2.34. The summed E-state index contributed by atoms with van der Waals surface area (Å²) < 4.78 is 38.9.